The van der Waals surface area contributed by atoms with E-state index in [0.717, 1.165) is 6.42 Å². The van der Waals surface area contributed by atoms with Crippen molar-refractivity contribution in [1.82, 2.24) is 4.90 Å². The maximum absolute atomic E-state index is 11.4. The van der Waals surface area contributed by atoms with Crippen LogP contribution in [0.25, 0.3) is 0 Å². The van der Waals surface area contributed by atoms with Gasteiger partial charge in [-0.25, -0.2) is 0 Å². The van der Waals surface area contributed by atoms with Gasteiger partial charge >= 0.3 is 0 Å². The van der Waals surface area contributed by atoms with E-state index in [4.69, 9.17) is 5.26 Å². The molecule has 1 saturated heterocycles. The number of rotatable bonds is 2. The number of carbonyl (C=O) groups is 2. The van der Waals surface area contributed by atoms with E-state index in [2.05, 4.69) is 0 Å². The number of piperidine rings is 1. The summed E-state index contributed by atoms with van der Waals surface area (Å²) in [6.45, 7) is 1.98. The van der Waals surface area contributed by atoms with Crippen LogP contribution >= 0.6 is 0 Å². The van der Waals surface area contributed by atoms with Crippen molar-refractivity contribution in [3.63, 3.8) is 0 Å². The number of likely N-dealkylation sites (tertiary alicyclic amines) is 1. The summed E-state index contributed by atoms with van der Waals surface area (Å²) in [6.07, 6.45) is 0.731. The number of amides is 2. The van der Waals surface area contributed by atoms with Crippen LogP contribution in [0.3, 0.4) is 0 Å². The van der Waals surface area contributed by atoms with Crippen molar-refractivity contribution in [2.24, 2.45) is 17.8 Å². The quantitative estimate of drug-likeness (QED) is 0.565. The highest BCUT2D eigenvalue weighted by molar-refractivity contribution is 6.08. The van der Waals surface area contributed by atoms with E-state index < -0.39 is 0 Å². The van der Waals surface area contributed by atoms with Gasteiger partial charge in [0, 0.05) is 6.54 Å². The van der Waals surface area contributed by atoms with E-state index in [1.54, 1.807) is 6.92 Å². The molecular weight excluding hydrogens is 168 g/mol. The van der Waals surface area contributed by atoms with Gasteiger partial charge in [-0.05, 0) is 13.3 Å². The molecule has 3 atom stereocenters. The van der Waals surface area contributed by atoms with Crippen molar-refractivity contribution < 1.29 is 9.59 Å². The van der Waals surface area contributed by atoms with Crippen LogP contribution in [-0.2, 0) is 9.59 Å². The van der Waals surface area contributed by atoms with E-state index in [1.165, 1.54) is 4.90 Å². The zero-order valence-corrected chi connectivity index (χ0v) is 7.36. The van der Waals surface area contributed by atoms with Gasteiger partial charge in [-0.1, -0.05) is 0 Å². The summed E-state index contributed by atoms with van der Waals surface area (Å²) in [7, 11) is 0. The molecule has 2 fully saturated rings. The monoisotopic (exact) mass is 178 g/mol. The topological polar surface area (TPSA) is 61.2 Å². The molecule has 1 aliphatic carbocycles. The SMILES string of the molecule is CC(C#N)CN1C(=O)C2CC2C1=O. The summed E-state index contributed by atoms with van der Waals surface area (Å²) in [6, 6.07) is 2.02. The van der Waals surface area contributed by atoms with Gasteiger partial charge in [0.2, 0.25) is 11.8 Å². The second-order valence-corrected chi connectivity index (χ2v) is 3.77. The Bertz CT molecular complexity index is 298. The molecule has 1 aliphatic heterocycles. The third-order valence-electron chi connectivity index (χ3n) is 2.63. The first-order chi connectivity index (χ1) is 6.15. The normalized spacial score (nSPS) is 32.8. The van der Waals surface area contributed by atoms with Gasteiger partial charge in [-0.2, -0.15) is 5.26 Å². The first-order valence-corrected chi connectivity index (χ1v) is 4.40. The van der Waals surface area contributed by atoms with Gasteiger partial charge in [0.05, 0.1) is 23.8 Å². The van der Waals surface area contributed by atoms with Crippen LogP contribution in [0.4, 0.5) is 0 Å². The van der Waals surface area contributed by atoms with Crippen LogP contribution in [0.2, 0.25) is 0 Å². The fraction of sp³-hybridized carbons (Fsp3) is 0.667. The number of fused-ring (bicyclic) bond motifs is 1. The molecule has 0 N–H and O–H groups in total. The maximum atomic E-state index is 11.4. The molecule has 0 aromatic rings. The van der Waals surface area contributed by atoms with Crippen molar-refractivity contribution in [1.29, 1.82) is 5.26 Å². The molecule has 0 aromatic heterocycles. The van der Waals surface area contributed by atoms with Crippen LogP contribution in [-0.4, -0.2) is 23.3 Å². The maximum Gasteiger partial charge on any atom is 0.233 e. The standard InChI is InChI=1S/C9H10N2O2/c1-5(3-10)4-11-8(12)6-2-7(6)9(11)13/h5-7H,2,4H2,1H3. The molecule has 0 spiro atoms. The molecule has 3 unspecified atom stereocenters. The van der Waals surface area contributed by atoms with Crippen LogP contribution in [0, 0.1) is 29.1 Å². The van der Waals surface area contributed by atoms with Crippen molar-refractivity contribution in [2.75, 3.05) is 6.54 Å². The smallest absolute Gasteiger partial charge is 0.233 e. The summed E-state index contributed by atoms with van der Waals surface area (Å²) < 4.78 is 0. The first kappa shape index (κ1) is 8.24. The summed E-state index contributed by atoms with van der Waals surface area (Å²) in [4.78, 5) is 24.1. The largest absolute Gasteiger partial charge is 0.281 e. The van der Waals surface area contributed by atoms with Crippen LogP contribution < -0.4 is 0 Å². The number of nitriles is 1. The molecule has 4 nitrogen and oxygen atoms in total. The van der Waals surface area contributed by atoms with E-state index in [9.17, 15) is 9.59 Å². The molecule has 2 amide bonds. The molecule has 1 heterocycles. The number of nitrogens with zero attached hydrogens (tertiary/aromatic N) is 2. The third kappa shape index (κ3) is 1.12. The molecule has 13 heavy (non-hydrogen) atoms. The summed E-state index contributed by atoms with van der Waals surface area (Å²) in [5.74, 6) is -0.489. The molecule has 1 saturated carbocycles. The fourth-order valence-corrected chi connectivity index (χ4v) is 1.74. The number of hydrogen-bond donors (Lipinski definition) is 0. The Balaban J connectivity index is 2.05. The zero-order chi connectivity index (χ0) is 9.59. The van der Waals surface area contributed by atoms with Crippen LogP contribution in [0.5, 0.6) is 0 Å². The van der Waals surface area contributed by atoms with Crippen LogP contribution in [0.15, 0.2) is 0 Å². The Kier molecular flexibility index (Phi) is 1.62. The third-order valence-corrected chi connectivity index (χ3v) is 2.63. The highest BCUT2D eigenvalue weighted by Gasteiger charge is 2.58. The van der Waals surface area contributed by atoms with E-state index in [-0.39, 0.29) is 36.1 Å². The zero-order valence-electron chi connectivity index (χ0n) is 7.36. The predicted molar refractivity (Wildman–Crippen MR) is 43.1 cm³/mol. The number of imide groups is 1. The average Bonchev–Trinajstić information content (AvgIpc) is 2.86. The minimum absolute atomic E-state index is 0.0432. The predicted octanol–water partition coefficient (Wildman–Crippen LogP) is 0.151. The van der Waals surface area contributed by atoms with Gasteiger partial charge in [0.15, 0.2) is 0 Å². The van der Waals surface area contributed by atoms with Crippen molar-refractivity contribution in [3.8, 4) is 6.07 Å². The van der Waals surface area contributed by atoms with Crippen molar-refractivity contribution >= 4 is 11.8 Å². The fourth-order valence-electron chi connectivity index (χ4n) is 1.74. The van der Waals surface area contributed by atoms with Gasteiger partial charge in [0.25, 0.3) is 0 Å². The Morgan fingerprint density at radius 2 is 2.08 bits per heavy atom. The molecule has 0 bridgehead atoms. The molecule has 2 aliphatic rings. The molecule has 0 radical (unpaired) electrons. The molecule has 4 heteroatoms. The lowest BCUT2D eigenvalue weighted by Gasteiger charge is -2.16. The lowest BCUT2D eigenvalue weighted by molar-refractivity contribution is -0.141. The molecular formula is C9H10N2O2. The summed E-state index contributed by atoms with van der Waals surface area (Å²) >= 11 is 0. The number of carbonyl (C=O) groups excluding carboxylic acids is 2. The number of hydrogen-bond acceptors (Lipinski definition) is 3. The van der Waals surface area contributed by atoms with Gasteiger partial charge in [-0.3, -0.25) is 14.5 Å². The Hall–Kier alpha value is -1.37. The second kappa shape index (κ2) is 2.56. The highest BCUT2D eigenvalue weighted by Crippen LogP contribution is 2.46. The van der Waals surface area contributed by atoms with Crippen LogP contribution in [0.1, 0.15) is 13.3 Å². The second-order valence-electron chi connectivity index (χ2n) is 3.77. The van der Waals surface area contributed by atoms with Crippen molar-refractivity contribution in [2.45, 2.75) is 13.3 Å². The molecule has 2 rings (SSSR count). The highest BCUT2D eigenvalue weighted by atomic mass is 16.2. The lowest BCUT2D eigenvalue weighted by Crippen LogP contribution is -2.36. The molecule has 68 valence electrons. The summed E-state index contributed by atoms with van der Waals surface area (Å²) in [5, 5.41) is 8.55. The Morgan fingerprint density at radius 3 is 2.54 bits per heavy atom. The van der Waals surface area contributed by atoms with Gasteiger partial charge in [0.1, 0.15) is 0 Å². The minimum Gasteiger partial charge on any atom is -0.281 e. The Morgan fingerprint density at radius 1 is 1.54 bits per heavy atom. The lowest BCUT2D eigenvalue weighted by atomic mass is 10.2. The van der Waals surface area contributed by atoms with Crippen molar-refractivity contribution in [3.05, 3.63) is 0 Å². The first-order valence-electron chi connectivity index (χ1n) is 4.40. The van der Waals surface area contributed by atoms with E-state index in [0.29, 0.717) is 0 Å². The average molecular weight is 178 g/mol. The van der Waals surface area contributed by atoms with E-state index >= 15 is 0 Å². The Labute approximate surface area is 76.1 Å². The summed E-state index contributed by atoms with van der Waals surface area (Å²) in [5.41, 5.74) is 0. The van der Waals surface area contributed by atoms with Gasteiger partial charge in [-0.15, -0.1) is 0 Å². The van der Waals surface area contributed by atoms with Gasteiger partial charge < -0.3 is 0 Å². The van der Waals surface area contributed by atoms with E-state index in [1.807, 2.05) is 6.07 Å². The minimum atomic E-state index is -0.259. The molecule has 0 aromatic carbocycles.